The Bertz CT molecular complexity index is 823. The molecule has 134 valence electrons. The number of aryl methyl sites for hydroxylation is 1. The van der Waals surface area contributed by atoms with E-state index in [-0.39, 0.29) is 11.5 Å². The second-order valence-corrected chi connectivity index (χ2v) is 6.41. The minimum atomic E-state index is -0.233. The number of hydrogen-bond acceptors (Lipinski definition) is 8. The third-order valence-corrected chi connectivity index (χ3v) is 4.40. The Hall–Kier alpha value is -2.84. The van der Waals surface area contributed by atoms with Crippen LogP contribution in [0.3, 0.4) is 0 Å². The van der Waals surface area contributed by atoms with Crippen molar-refractivity contribution in [3.63, 3.8) is 0 Å². The molecule has 0 saturated carbocycles. The van der Waals surface area contributed by atoms with Gasteiger partial charge in [-0.15, -0.1) is 0 Å². The Kier molecular flexibility index (Phi) is 4.47. The van der Waals surface area contributed by atoms with Crippen LogP contribution in [0.1, 0.15) is 11.3 Å². The molecule has 0 bridgehead atoms. The Labute approximate surface area is 146 Å². The summed E-state index contributed by atoms with van der Waals surface area (Å²) in [5.74, 6) is 2.44. The molecule has 0 aromatic carbocycles. The van der Waals surface area contributed by atoms with Crippen LogP contribution >= 0.6 is 0 Å². The number of hydrogen-bond donors (Lipinski definition) is 2. The molecule has 3 N–H and O–H groups in total. The fraction of sp³-hybridized carbons (Fsp3) is 0.500. The molecule has 9 heteroatoms. The first-order valence-corrected chi connectivity index (χ1v) is 8.24. The molecule has 0 amide bonds. The number of rotatable bonds is 3. The van der Waals surface area contributed by atoms with Gasteiger partial charge >= 0.3 is 0 Å². The van der Waals surface area contributed by atoms with Crippen molar-refractivity contribution in [3.8, 4) is 0 Å². The zero-order valence-electron chi connectivity index (χ0n) is 15.1. The van der Waals surface area contributed by atoms with Gasteiger partial charge in [0.15, 0.2) is 0 Å². The molecule has 0 spiro atoms. The third kappa shape index (κ3) is 3.49. The fourth-order valence-corrected chi connectivity index (χ4v) is 2.88. The lowest BCUT2D eigenvalue weighted by atomic mass is 10.2. The van der Waals surface area contributed by atoms with Crippen molar-refractivity contribution in [1.29, 1.82) is 0 Å². The van der Waals surface area contributed by atoms with E-state index < -0.39 is 0 Å². The summed E-state index contributed by atoms with van der Waals surface area (Å²) in [6, 6.07) is 1.48. The molecule has 0 aliphatic carbocycles. The summed E-state index contributed by atoms with van der Waals surface area (Å²) in [5.41, 5.74) is 7.49. The monoisotopic (exact) mass is 344 g/mol. The van der Waals surface area contributed by atoms with Crippen LogP contribution in [0, 0.1) is 13.8 Å². The quantitative estimate of drug-likeness (QED) is 0.810. The number of nitrogen functional groups attached to an aromatic ring is 1. The van der Waals surface area contributed by atoms with E-state index >= 15 is 0 Å². The number of H-pyrrole nitrogens is 1. The summed E-state index contributed by atoms with van der Waals surface area (Å²) in [7, 11) is 3.88. The van der Waals surface area contributed by atoms with E-state index in [2.05, 4.69) is 31.7 Å². The maximum Gasteiger partial charge on any atom is 0.254 e. The highest BCUT2D eigenvalue weighted by Crippen LogP contribution is 2.24. The summed E-state index contributed by atoms with van der Waals surface area (Å²) in [6.45, 7) is 7.13. The second-order valence-electron chi connectivity index (χ2n) is 6.41. The van der Waals surface area contributed by atoms with E-state index in [1.807, 2.05) is 25.9 Å². The topological polar surface area (TPSA) is 107 Å². The van der Waals surface area contributed by atoms with Gasteiger partial charge in [-0.25, -0.2) is 4.98 Å². The van der Waals surface area contributed by atoms with Gasteiger partial charge in [-0.3, -0.25) is 9.78 Å². The molecule has 3 heterocycles. The number of anilines is 4. The van der Waals surface area contributed by atoms with Crippen LogP contribution < -0.4 is 26.0 Å². The standard InChI is InChI=1S/C16H24N8O/c1-10-11(2)18-16(22(3)4)21-14(10)24-7-5-23(6-8-24)12-9-13(25)20-15(17)19-12/h9H,5-8H2,1-4H3,(H3,17,19,20,25). The predicted molar refractivity (Wildman–Crippen MR) is 99.5 cm³/mol. The SMILES string of the molecule is Cc1nc(N(C)C)nc(N2CCN(c3cc(=O)[nH]c(N)n3)CC2)c1C. The third-order valence-electron chi connectivity index (χ3n) is 4.40. The zero-order chi connectivity index (χ0) is 18.1. The van der Waals surface area contributed by atoms with Crippen LogP contribution in [0.15, 0.2) is 10.9 Å². The van der Waals surface area contributed by atoms with Gasteiger partial charge in [-0.1, -0.05) is 0 Å². The van der Waals surface area contributed by atoms with Crippen molar-refractivity contribution in [2.75, 3.05) is 60.7 Å². The molecule has 0 unspecified atom stereocenters. The largest absolute Gasteiger partial charge is 0.369 e. The van der Waals surface area contributed by atoms with Crippen LogP contribution in [0.4, 0.5) is 23.5 Å². The molecule has 0 radical (unpaired) electrons. The molecule has 1 aliphatic heterocycles. The van der Waals surface area contributed by atoms with Crippen LogP contribution in [-0.2, 0) is 0 Å². The maximum atomic E-state index is 11.6. The van der Waals surface area contributed by atoms with Gasteiger partial charge in [0.1, 0.15) is 11.6 Å². The summed E-state index contributed by atoms with van der Waals surface area (Å²) in [4.78, 5) is 33.8. The van der Waals surface area contributed by atoms with Gasteiger partial charge in [0.2, 0.25) is 11.9 Å². The van der Waals surface area contributed by atoms with Gasteiger partial charge in [0, 0.05) is 57.6 Å². The Balaban J connectivity index is 1.79. The van der Waals surface area contributed by atoms with E-state index in [9.17, 15) is 4.79 Å². The number of nitrogens with zero attached hydrogens (tertiary/aromatic N) is 6. The molecule has 25 heavy (non-hydrogen) atoms. The van der Waals surface area contributed by atoms with Gasteiger partial charge < -0.3 is 20.4 Å². The Morgan fingerprint density at radius 1 is 1.08 bits per heavy atom. The van der Waals surface area contributed by atoms with Crippen LogP contribution in [0.25, 0.3) is 0 Å². The summed E-state index contributed by atoms with van der Waals surface area (Å²) < 4.78 is 0. The van der Waals surface area contributed by atoms with Crippen molar-refractivity contribution in [2.24, 2.45) is 0 Å². The molecule has 3 rings (SSSR count). The van der Waals surface area contributed by atoms with Crippen molar-refractivity contribution >= 4 is 23.5 Å². The molecule has 0 atom stereocenters. The minimum absolute atomic E-state index is 0.142. The van der Waals surface area contributed by atoms with E-state index in [0.717, 1.165) is 43.3 Å². The average Bonchev–Trinajstić information content (AvgIpc) is 2.56. The molecular formula is C16H24N8O. The van der Waals surface area contributed by atoms with E-state index in [1.54, 1.807) is 0 Å². The van der Waals surface area contributed by atoms with Crippen molar-refractivity contribution in [1.82, 2.24) is 19.9 Å². The normalized spacial score (nSPS) is 14.7. The summed E-state index contributed by atoms with van der Waals surface area (Å²) in [5, 5.41) is 0. The first-order valence-electron chi connectivity index (χ1n) is 8.24. The Morgan fingerprint density at radius 2 is 1.72 bits per heavy atom. The summed E-state index contributed by atoms with van der Waals surface area (Å²) in [6.07, 6.45) is 0. The molecule has 2 aromatic heterocycles. The number of nitrogens with two attached hydrogens (primary N) is 1. The summed E-state index contributed by atoms with van der Waals surface area (Å²) >= 11 is 0. The average molecular weight is 344 g/mol. The minimum Gasteiger partial charge on any atom is -0.369 e. The fourth-order valence-electron chi connectivity index (χ4n) is 2.88. The van der Waals surface area contributed by atoms with Gasteiger partial charge in [0.25, 0.3) is 5.56 Å². The number of aromatic amines is 1. The predicted octanol–water partition coefficient (Wildman–Crippen LogP) is 0.152. The van der Waals surface area contributed by atoms with Crippen molar-refractivity contribution in [3.05, 3.63) is 27.7 Å². The molecule has 1 saturated heterocycles. The van der Waals surface area contributed by atoms with Crippen molar-refractivity contribution < 1.29 is 0 Å². The smallest absolute Gasteiger partial charge is 0.254 e. The zero-order valence-corrected chi connectivity index (χ0v) is 15.1. The highest BCUT2D eigenvalue weighted by Gasteiger charge is 2.22. The highest BCUT2D eigenvalue weighted by molar-refractivity contribution is 5.54. The lowest BCUT2D eigenvalue weighted by Gasteiger charge is -2.37. The van der Waals surface area contributed by atoms with E-state index in [1.165, 1.54) is 6.07 Å². The second kappa shape index (κ2) is 6.58. The lowest BCUT2D eigenvalue weighted by molar-refractivity contribution is 0.638. The molecular weight excluding hydrogens is 320 g/mol. The van der Waals surface area contributed by atoms with E-state index in [4.69, 9.17) is 10.7 Å². The first-order chi connectivity index (χ1) is 11.8. The molecule has 2 aromatic rings. The van der Waals surface area contributed by atoms with Crippen LogP contribution in [0.5, 0.6) is 0 Å². The molecule has 9 nitrogen and oxygen atoms in total. The van der Waals surface area contributed by atoms with Crippen molar-refractivity contribution in [2.45, 2.75) is 13.8 Å². The van der Waals surface area contributed by atoms with Crippen LogP contribution in [-0.4, -0.2) is 60.2 Å². The lowest BCUT2D eigenvalue weighted by Crippen LogP contribution is -2.47. The van der Waals surface area contributed by atoms with Gasteiger partial charge in [-0.2, -0.15) is 9.97 Å². The van der Waals surface area contributed by atoms with Gasteiger partial charge in [0.05, 0.1) is 0 Å². The van der Waals surface area contributed by atoms with Gasteiger partial charge in [-0.05, 0) is 13.8 Å². The Morgan fingerprint density at radius 3 is 2.32 bits per heavy atom. The van der Waals surface area contributed by atoms with E-state index in [0.29, 0.717) is 11.8 Å². The van der Waals surface area contributed by atoms with Crippen LogP contribution in [0.2, 0.25) is 0 Å². The maximum absolute atomic E-state index is 11.6. The first kappa shape index (κ1) is 17.0. The number of aromatic nitrogens is 4. The molecule has 1 aliphatic rings. The number of nitrogens with one attached hydrogen (secondary N) is 1. The molecule has 1 fully saturated rings. The highest BCUT2D eigenvalue weighted by atomic mass is 16.1. The number of piperazine rings is 1.